The highest BCUT2D eigenvalue weighted by Gasteiger charge is 2.25. The highest BCUT2D eigenvalue weighted by atomic mass is 32.2. The summed E-state index contributed by atoms with van der Waals surface area (Å²) in [6.07, 6.45) is 1.83. The molecule has 4 rings (SSSR count). The lowest BCUT2D eigenvalue weighted by Crippen LogP contribution is -1.99. The van der Waals surface area contributed by atoms with Crippen LogP contribution in [0.2, 0.25) is 0 Å². The molecule has 0 bridgehead atoms. The van der Waals surface area contributed by atoms with Crippen LogP contribution >= 0.6 is 11.8 Å². The third-order valence-corrected chi connectivity index (χ3v) is 5.68. The first-order chi connectivity index (χ1) is 14.5. The van der Waals surface area contributed by atoms with Crippen molar-refractivity contribution in [3.8, 4) is 11.5 Å². The van der Waals surface area contributed by atoms with Crippen LogP contribution < -0.4 is 9.47 Å². The van der Waals surface area contributed by atoms with Crippen molar-refractivity contribution in [1.82, 2.24) is 0 Å². The van der Waals surface area contributed by atoms with Gasteiger partial charge in [0.05, 0.1) is 16.9 Å². The molecule has 3 aromatic carbocycles. The number of methoxy groups -OCH3 is 1. The molecule has 0 spiro atoms. The quantitative estimate of drug-likeness (QED) is 0.298. The fourth-order valence-electron chi connectivity index (χ4n) is 3.10. The fourth-order valence-corrected chi connectivity index (χ4v) is 4.15. The first kappa shape index (κ1) is 19.7. The molecule has 7 heteroatoms. The van der Waals surface area contributed by atoms with Crippen LogP contribution in [-0.2, 0) is 6.61 Å². The Morgan fingerprint density at radius 3 is 2.63 bits per heavy atom. The number of nitro groups is 1. The van der Waals surface area contributed by atoms with Crippen LogP contribution in [0.25, 0.3) is 6.08 Å². The second-order valence-corrected chi connectivity index (χ2v) is 7.65. The van der Waals surface area contributed by atoms with Crippen molar-refractivity contribution >= 4 is 29.3 Å². The maximum Gasteiger partial charge on any atom is 0.269 e. The van der Waals surface area contributed by atoms with Crippen LogP contribution in [-0.4, -0.2) is 17.8 Å². The maximum atomic E-state index is 12.6. The van der Waals surface area contributed by atoms with Crippen molar-refractivity contribution in [3.63, 3.8) is 0 Å². The summed E-state index contributed by atoms with van der Waals surface area (Å²) in [6.45, 7) is 0.169. The lowest BCUT2D eigenvalue weighted by Gasteiger charge is -2.11. The summed E-state index contributed by atoms with van der Waals surface area (Å²) in [5.41, 5.74) is 2.24. The molecule has 0 unspecified atom stereocenters. The highest BCUT2D eigenvalue weighted by molar-refractivity contribution is 8.04. The normalized spacial score (nSPS) is 13.9. The molecule has 1 aliphatic rings. The third kappa shape index (κ3) is 4.06. The summed E-state index contributed by atoms with van der Waals surface area (Å²) >= 11 is 1.45. The number of Topliss-reactive ketones (excluding diaryl/α,β-unsaturated/α-hetero) is 1. The highest BCUT2D eigenvalue weighted by Crippen LogP contribution is 2.41. The van der Waals surface area contributed by atoms with Crippen molar-refractivity contribution < 1.29 is 19.2 Å². The number of thioether (sulfide) groups is 1. The van der Waals surface area contributed by atoms with Gasteiger partial charge in [-0.25, -0.2) is 0 Å². The molecule has 0 aliphatic carbocycles. The van der Waals surface area contributed by atoms with Gasteiger partial charge < -0.3 is 9.47 Å². The minimum absolute atomic E-state index is 0.0144. The zero-order chi connectivity index (χ0) is 21.1. The Labute approximate surface area is 177 Å². The number of hydrogen-bond acceptors (Lipinski definition) is 6. The second kappa shape index (κ2) is 8.42. The number of carbonyl (C=O) groups excluding carboxylic acids is 1. The van der Waals surface area contributed by atoms with E-state index in [0.29, 0.717) is 22.0 Å². The SMILES string of the molecule is COc1cc(/C=C2\Sc3ccccc3C2=O)ccc1OCc1cccc([N+](=O)[O-])c1. The van der Waals surface area contributed by atoms with Crippen molar-refractivity contribution in [2.45, 2.75) is 11.5 Å². The molecule has 0 N–H and O–H groups in total. The van der Waals surface area contributed by atoms with Crippen molar-refractivity contribution in [2.24, 2.45) is 0 Å². The number of carbonyl (C=O) groups is 1. The number of nitrogens with zero attached hydrogens (tertiary/aromatic N) is 1. The van der Waals surface area contributed by atoms with Gasteiger partial charge in [-0.2, -0.15) is 0 Å². The summed E-state index contributed by atoms with van der Waals surface area (Å²) in [7, 11) is 1.54. The fraction of sp³-hybridized carbons (Fsp3) is 0.0870. The monoisotopic (exact) mass is 419 g/mol. The lowest BCUT2D eigenvalue weighted by molar-refractivity contribution is -0.384. The van der Waals surface area contributed by atoms with E-state index in [1.807, 2.05) is 36.4 Å². The third-order valence-electron chi connectivity index (χ3n) is 4.58. The summed E-state index contributed by atoms with van der Waals surface area (Å²) in [6, 6.07) is 19.2. The number of allylic oxidation sites excluding steroid dienone is 1. The van der Waals surface area contributed by atoms with Gasteiger partial charge in [0.25, 0.3) is 5.69 Å². The maximum absolute atomic E-state index is 12.6. The average Bonchev–Trinajstić information content (AvgIpc) is 3.08. The van der Waals surface area contributed by atoms with E-state index in [4.69, 9.17) is 9.47 Å². The van der Waals surface area contributed by atoms with Gasteiger partial charge in [0.1, 0.15) is 6.61 Å². The number of non-ortho nitro benzene ring substituents is 1. The molecule has 1 heterocycles. The van der Waals surface area contributed by atoms with Gasteiger partial charge in [-0.1, -0.05) is 42.1 Å². The molecular weight excluding hydrogens is 402 g/mol. The minimum atomic E-state index is -0.438. The molecule has 150 valence electrons. The summed E-state index contributed by atoms with van der Waals surface area (Å²) in [4.78, 5) is 24.7. The number of rotatable bonds is 6. The number of nitro benzene ring substituents is 1. The van der Waals surface area contributed by atoms with Crippen LogP contribution in [0.4, 0.5) is 5.69 Å². The van der Waals surface area contributed by atoms with Crippen molar-refractivity contribution in [2.75, 3.05) is 7.11 Å². The molecule has 0 saturated carbocycles. The van der Waals surface area contributed by atoms with Crippen LogP contribution in [0.3, 0.4) is 0 Å². The minimum Gasteiger partial charge on any atom is -0.493 e. The molecule has 0 fully saturated rings. The Bertz CT molecular complexity index is 1170. The molecule has 0 aromatic heterocycles. The van der Waals surface area contributed by atoms with E-state index in [2.05, 4.69) is 0 Å². The number of ketones is 1. The molecule has 0 radical (unpaired) electrons. The summed E-state index contributed by atoms with van der Waals surface area (Å²) in [5, 5.41) is 10.9. The standard InChI is InChI=1S/C23H17NO5S/c1-28-20-12-15(13-22-23(25)18-7-2-3-8-21(18)30-22)9-10-19(20)29-14-16-5-4-6-17(11-16)24(26)27/h2-13H,14H2,1H3/b22-13-. The number of fused-ring (bicyclic) bond motifs is 1. The van der Waals surface area contributed by atoms with E-state index in [1.54, 1.807) is 24.3 Å². The molecular formula is C23H17NO5S. The Kier molecular flexibility index (Phi) is 5.54. The lowest BCUT2D eigenvalue weighted by atomic mass is 10.1. The van der Waals surface area contributed by atoms with E-state index in [9.17, 15) is 14.9 Å². The van der Waals surface area contributed by atoms with Gasteiger partial charge in [-0.15, -0.1) is 0 Å². The predicted molar refractivity (Wildman–Crippen MR) is 115 cm³/mol. The van der Waals surface area contributed by atoms with E-state index >= 15 is 0 Å². The first-order valence-corrected chi connectivity index (χ1v) is 9.94. The zero-order valence-corrected chi connectivity index (χ0v) is 16.8. The average molecular weight is 419 g/mol. The van der Waals surface area contributed by atoms with Gasteiger partial charge in [0.2, 0.25) is 5.78 Å². The smallest absolute Gasteiger partial charge is 0.269 e. The molecule has 0 atom stereocenters. The predicted octanol–water partition coefficient (Wildman–Crippen LogP) is 5.51. The molecule has 1 aliphatic heterocycles. The number of benzene rings is 3. The molecule has 0 saturated heterocycles. The topological polar surface area (TPSA) is 78.7 Å². The molecule has 6 nitrogen and oxygen atoms in total. The Morgan fingerprint density at radius 1 is 1.03 bits per heavy atom. The Balaban J connectivity index is 1.52. The first-order valence-electron chi connectivity index (χ1n) is 9.12. The van der Waals surface area contributed by atoms with E-state index in [-0.39, 0.29) is 18.1 Å². The van der Waals surface area contributed by atoms with Gasteiger partial charge in [0.15, 0.2) is 11.5 Å². The van der Waals surface area contributed by atoms with Gasteiger partial charge in [0, 0.05) is 22.6 Å². The molecule has 3 aromatic rings. The van der Waals surface area contributed by atoms with Crippen LogP contribution in [0.5, 0.6) is 11.5 Å². The van der Waals surface area contributed by atoms with Crippen molar-refractivity contribution in [3.05, 3.63) is 98.4 Å². The Morgan fingerprint density at radius 2 is 1.87 bits per heavy atom. The molecule has 30 heavy (non-hydrogen) atoms. The Hall–Kier alpha value is -3.58. The van der Waals surface area contributed by atoms with E-state index < -0.39 is 4.92 Å². The van der Waals surface area contributed by atoms with Crippen LogP contribution in [0.15, 0.2) is 76.5 Å². The van der Waals surface area contributed by atoms with Crippen LogP contribution in [0, 0.1) is 10.1 Å². The van der Waals surface area contributed by atoms with Gasteiger partial charge in [-0.05, 0) is 41.5 Å². The van der Waals surface area contributed by atoms with Crippen LogP contribution in [0.1, 0.15) is 21.5 Å². The number of hydrogen-bond donors (Lipinski definition) is 0. The van der Waals surface area contributed by atoms with E-state index in [1.165, 1.54) is 31.0 Å². The molecule has 0 amide bonds. The van der Waals surface area contributed by atoms with Crippen molar-refractivity contribution in [1.29, 1.82) is 0 Å². The summed E-state index contributed by atoms with van der Waals surface area (Å²) < 4.78 is 11.2. The zero-order valence-electron chi connectivity index (χ0n) is 16.0. The largest absolute Gasteiger partial charge is 0.493 e. The van der Waals surface area contributed by atoms with E-state index in [0.717, 1.165) is 16.0 Å². The van der Waals surface area contributed by atoms with Gasteiger partial charge in [-0.3, -0.25) is 14.9 Å². The number of ether oxygens (including phenoxy) is 2. The second-order valence-electron chi connectivity index (χ2n) is 6.56. The summed E-state index contributed by atoms with van der Waals surface area (Å²) in [5.74, 6) is 1.04. The van der Waals surface area contributed by atoms with Gasteiger partial charge >= 0.3 is 0 Å².